The fourth-order valence-electron chi connectivity index (χ4n) is 1.35. The van der Waals surface area contributed by atoms with Crippen molar-refractivity contribution in [1.29, 1.82) is 0 Å². The summed E-state index contributed by atoms with van der Waals surface area (Å²) in [6.45, 7) is 2.02. The molecule has 0 saturated heterocycles. The van der Waals surface area contributed by atoms with Crippen LogP contribution in [0, 0.1) is 6.92 Å². The Balaban J connectivity index is 2.38. The standard InChI is InChI=1S/C11H9Br2NOS/c1-6-2-3-7(4-8(6)12)9(15)10-11(13)14-5-16-10/h2-5,9,15H,1H3. The molecule has 0 aliphatic heterocycles. The van der Waals surface area contributed by atoms with Gasteiger partial charge in [-0.3, -0.25) is 0 Å². The van der Waals surface area contributed by atoms with Crippen LogP contribution in [0.2, 0.25) is 0 Å². The Morgan fingerprint density at radius 3 is 2.69 bits per heavy atom. The molecule has 1 aromatic carbocycles. The monoisotopic (exact) mass is 361 g/mol. The molecule has 16 heavy (non-hydrogen) atoms. The van der Waals surface area contributed by atoms with Gasteiger partial charge in [0.15, 0.2) is 0 Å². The summed E-state index contributed by atoms with van der Waals surface area (Å²) in [6, 6.07) is 5.85. The third-order valence-corrected chi connectivity index (χ3v) is 4.94. The van der Waals surface area contributed by atoms with Crippen molar-refractivity contribution in [2.45, 2.75) is 13.0 Å². The average Bonchev–Trinajstić information content (AvgIpc) is 2.67. The maximum atomic E-state index is 10.2. The van der Waals surface area contributed by atoms with E-state index in [1.807, 2.05) is 25.1 Å². The maximum Gasteiger partial charge on any atom is 0.123 e. The molecule has 1 heterocycles. The van der Waals surface area contributed by atoms with Gasteiger partial charge < -0.3 is 5.11 Å². The van der Waals surface area contributed by atoms with E-state index >= 15 is 0 Å². The number of aliphatic hydroxyl groups is 1. The second-order valence-corrected chi connectivity index (χ2v) is 5.91. The summed E-state index contributed by atoms with van der Waals surface area (Å²) in [5.74, 6) is 0. The van der Waals surface area contributed by atoms with Crippen LogP contribution in [0.1, 0.15) is 22.1 Å². The lowest BCUT2D eigenvalue weighted by molar-refractivity contribution is 0.223. The van der Waals surface area contributed by atoms with E-state index in [1.165, 1.54) is 11.3 Å². The van der Waals surface area contributed by atoms with Crippen LogP contribution in [0.25, 0.3) is 0 Å². The predicted octanol–water partition coefficient (Wildman–Crippen LogP) is 4.06. The van der Waals surface area contributed by atoms with Crippen LogP contribution in [0.15, 0.2) is 32.8 Å². The highest BCUT2D eigenvalue weighted by atomic mass is 79.9. The number of benzene rings is 1. The van der Waals surface area contributed by atoms with Crippen LogP contribution in [-0.4, -0.2) is 10.1 Å². The first kappa shape index (κ1) is 12.2. The van der Waals surface area contributed by atoms with E-state index < -0.39 is 6.10 Å². The van der Waals surface area contributed by atoms with Crippen molar-refractivity contribution in [3.63, 3.8) is 0 Å². The highest BCUT2D eigenvalue weighted by Gasteiger charge is 2.16. The third-order valence-electron chi connectivity index (χ3n) is 2.31. The Morgan fingerprint density at radius 2 is 2.12 bits per heavy atom. The molecular formula is C11H9Br2NOS. The second-order valence-electron chi connectivity index (χ2n) is 3.42. The van der Waals surface area contributed by atoms with Gasteiger partial charge in [-0.15, -0.1) is 11.3 Å². The van der Waals surface area contributed by atoms with E-state index in [0.29, 0.717) is 4.60 Å². The molecule has 1 unspecified atom stereocenters. The molecule has 1 atom stereocenters. The van der Waals surface area contributed by atoms with Gasteiger partial charge in [0.1, 0.15) is 10.7 Å². The maximum absolute atomic E-state index is 10.2. The fourth-order valence-corrected chi connectivity index (χ4v) is 3.17. The van der Waals surface area contributed by atoms with E-state index in [4.69, 9.17) is 0 Å². The topological polar surface area (TPSA) is 33.1 Å². The first-order chi connectivity index (χ1) is 7.59. The fraction of sp³-hybridized carbons (Fsp3) is 0.182. The quantitative estimate of drug-likeness (QED) is 0.873. The minimum Gasteiger partial charge on any atom is -0.383 e. The summed E-state index contributed by atoms with van der Waals surface area (Å²) >= 11 is 8.23. The van der Waals surface area contributed by atoms with E-state index in [1.54, 1.807) is 5.51 Å². The van der Waals surface area contributed by atoms with Crippen LogP contribution in [0.5, 0.6) is 0 Å². The molecular weight excluding hydrogens is 354 g/mol. The number of aromatic nitrogens is 1. The first-order valence-corrected chi connectivity index (χ1v) is 7.09. The summed E-state index contributed by atoms with van der Waals surface area (Å²) in [5, 5.41) is 10.2. The van der Waals surface area contributed by atoms with E-state index in [0.717, 1.165) is 20.5 Å². The molecule has 0 aliphatic carbocycles. The van der Waals surface area contributed by atoms with Crippen LogP contribution >= 0.6 is 43.2 Å². The number of hydrogen-bond acceptors (Lipinski definition) is 3. The SMILES string of the molecule is Cc1ccc(C(O)c2scnc2Br)cc1Br. The summed E-state index contributed by atoms with van der Waals surface area (Å²) in [4.78, 5) is 4.90. The molecule has 5 heteroatoms. The van der Waals surface area contributed by atoms with Gasteiger partial charge >= 0.3 is 0 Å². The van der Waals surface area contributed by atoms with Crippen molar-refractivity contribution in [3.8, 4) is 0 Å². The molecule has 0 amide bonds. The lowest BCUT2D eigenvalue weighted by Crippen LogP contribution is -1.98. The van der Waals surface area contributed by atoms with Crippen LogP contribution < -0.4 is 0 Å². The molecule has 0 radical (unpaired) electrons. The highest BCUT2D eigenvalue weighted by Crippen LogP contribution is 2.32. The Kier molecular flexibility index (Phi) is 3.79. The van der Waals surface area contributed by atoms with Gasteiger partial charge in [0.25, 0.3) is 0 Å². The molecule has 84 valence electrons. The summed E-state index contributed by atoms with van der Waals surface area (Å²) in [5.41, 5.74) is 3.73. The van der Waals surface area contributed by atoms with E-state index in [2.05, 4.69) is 36.8 Å². The smallest absolute Gasteiger partial charge is 0.123 e. The molecule has 0 fully saturated rings. The third kappa shape index (κ3) is 2.37. The van der Waals surface area contributed by atoms with Gasteiger partial charge in [0.2, 0.25) is 0 Å². The minimum atomic E-state index is -0.626. The zero-order valence-electron chi connectivity index (χ0n) is 8.45. The Hall–Kier alpha value is -0.230. The lowest BCUT2D eigenvalue weighted by Gasteiger charge is -2.10. The van der Waals surface area contributed by atoms with Gasteiger partial charge in [0.05, 0.1) is 10.4 Å². The van der Waals surface area contributed by atoms with Gasteiger partial charge in [-0.25, -0.2) is 4.98 Å². The van der Waals surface area contributed by atoms with Crippen molar-refractivity contribution >= 4 is 43.2 Å². The second kappa shape index (κ2) is 4.96. The molecule has 2 rings (SSSR count). The van der Waals surface area contributed by atoms with Crippen molar-refractivity contribution < 1.29 is 5.11 Å². The molecule has 1 aromatic heterocycles. The van der Waals surface area contributed by atoms with Crippen LogP contribution in [0.3, 0.4) is 0 Å². The molecule has 0 aliphatic rings. The number of aliphatic hydroxyl groups excluding tert-OH is 1. The van der Waals surface area contributed by atoms with Gasteiger partial charge in [-0.2, -0.15) is 0 Å². The number of nitrogens with zero attached hydrogens (tertiary/aromatic N) is 1. The normalized spacial score (nSPS) is 12.8. The molecule has 2 aromatic rings. The summed E-state index contributed by atoms with van der Waals surface area (Å²) in [7, 11) is 0. The Morgan fingerprint density at radius 1 is 1.38 bits per heavy atom. The number of halogens is 2. The van der Waals surface area contributed by atoms with Gasteiger partial charge in [-0.1, -0.05) is 28.1 Å². The first-order valence-electron chi connectivity index (χ1n) is 4.62. The number of thiazole rings is 1. The minimum absolute atomic E-state index is 0.626. The molecule has 0 saturated carbocycles. The van der Waals surface area contributed by atoms with Gasteiger partial charge in [-0.05, 0) is 40.0 Å². The zero-order valence-corrected chi connectivity index (χ0v) is 12.4. The van der Waals surface area contributed by atoms with E-state index in [9.17, 15) is 5.11 Å². The highest BCUT2D eigenvalue weighted by molar-refractivity contribution is 9.10. The molecule has 0 bridgehead atoms. The summed E-state index contributed by atoms with van der Waals surface area (Å²) in [6.07, 6.45) is -0.626. The van der Waals surface area contributed by atoms with Crippen molar-refractivity contribution in [2.75, 3.05) is 0 Å². The summed E-state index contributed by atoms with van der Waals surface area (Å²) < 4.78 is 1.71. The van der Waals surface area contributed by atoms with Crippen LogP contribution in [0.4, 0.5) is 0 Å². The largest absolute Gasteiger partial charge is 0.383 e. The predicted molar refractivity (Wildman–Crippen MR) is 72.8 cm³/mol. The number of hydrogen-bond donors (Lipinski definition) is 1. The Labute approximate surface area is 115 Å². The van der Waals surface area contributed by atoms with Crippen molar-refractivity contribution in [1.82, 2.24) is 4.98 Å². The number of rotatable bonds is 2. The van der Waals surface area contributed by atoms with E-state index in [-0.39, 0.29) is 0 Å². The average molecular weight is 363 g/mol. The van der Waals surface area contributed by atoms with Gasteiger partial charge in [0, 0.05) is 4.47 Å². The molecule has 2 nitrogen and oxygen atoms in total. The number of aryl methyl sites for hydroxylation is 1. The van der Waals surface area contributed by atoms with Crippen molar-refractivity contribution in [3.05, 3.63) is 48.8 Å². The molecule has 0 spiro atoms. The van der Waals surface area contributed by atoms with Crippen molar-refractivity contribution in [2.24, 2.45) is 0 Å². The zero-order chi connectivity index (χ0) is 11.7. The van der Waals surface area contributed by atoms with Crippen LogP contribution in [-0.2, 0) is 0 Å². The lowest BCUT2D eigenvalue weighted by atomic mass is 10.1. The molecule has 1 N–H and O–H groups in total. The Bertz CT molecular complexity index is 512.